The maximum absolute atomic E-state index is 11.0. The minimum atomic E-state index is -1.16. The van der Waals surface area contributed by atoms with Gasteiger partial charge in [-0.2, -0.15) is 0 Å². The lowest BCUT2D eigenvalue weighted by atomic mass is 10.3. The van der Waals surface area contributed by atoms with Gasteiger partial charge in [-0.15, -0.1) is 0 Å². The first-order valence-corrected chi connectivity index (χ1v) is 6.06. The van der Waals surface area contributed by atoms with Crippen LogP contribution >= 0.6 is 0 Å². The summed E-state index contributed by atoms with van der Waals surface area (Å²) in [6.07, 6.45) is 3.94. The van der Waals surface area contributed by atoms with Crippen LogP contribution in [0.4, 0.5) is 0 Å². The van der Waals surface area contributed by atoms with Gasteiger partial charge < -0.3 is 10.4 Å². The van der Waals surface area contributed by atoms with Gasteiger partial charge in [0.2, 0.25) is 5.91 Å². The van der Waals surface area contributed by atoms with Gasteiger partial charge in [-0.05, 0) is 6.42 Å². The van der Waals surface area contributed by atoms with Crippen LogP contribution in [0.2, 0.25) is 0 Å². The Morgan fingerprint density at radius 2 is 2.07 bits per heavy atom. The minimum Gasteiger partial charge on any atom is -0.478 e. The summed E-state index contributed by atoms with van der Waals surface area (Å²) in [7, 11) is -0.900. The quantitative estimate of drug-likeness (QED) is 0.627. The number of carbonyl (C=O) groups excluding carboxylic acids is 1. The summed E-state index contributed by atoms with van der Waals surface area (Å²) in [4.78, 5) is 21.0. The van der Waals surface area contributed by atoms with Crippen LogP contribution in [-0.4, -0.2) is 39.2 Å². The first-order valence-electron chi connectivity index (χ1n) is 4.44. The van der Waals surface area contributed by atoms with Gasteiger partial charge in [0.05, 0.1) is 0 Å². The molecule has 0 aromatic carbocycles. The van der Waals surface area contributed by atoms with Crippen LogP contribution in [0.25, 0.3) is 0 Å². The molecule has 0 spiro atoms. The number of hydrogen-bond acceptors (Lipinski definition) is 3. The van der Waals surface area contributed by atoms with Crippen molar-refractivity contribution in [3.63, 3.8) is 0 Å². The lowest BCUT2D eigenvalue weighted by Gasteiger charge is -2.07. The number of carboxylic acids is 1. The Balaban J connectivity index is 3.73. The molecule has 0 aliphatic heterocycles. The van der Waals surface area contributed by atoms with Crippen LogP contribution in [0.15, 0.2) is 12.2 Å². The Labute approximate surface area is 91.0 Å². The lowest BCUT2D eigenvalue weighted by molar-refractivity contribution is -0.131. The van der Waals surface area contributed by atoms with E-state index in [1.54, 1.807) is 6.26 Å². The summed E-state index contributed by atoms with van der Waals surface area (Å²) >= 11 is 0. The van der Waals surface area contributed by atoms with E-state index in [-0.39, 0.29) is 5.25 Å². The monoisotopic (exact) mass is 233 g/mol. The highest BCUT2D eigenvalue weighted by molar-refractivity contribution is 7.84. The van der Waals surface area contributed by atoms with Crippen LogP contribution in [0, 0.1) is 0 Å². The molecule has 0 saturated heterocycles. The normalized spacial score (nSPS) is 14.8. The Morgan fingerprint density at radius 1 is 1.47 bits per heavy atom. The first kappa shape index (κ1) is 13.8. The molecule has 0 fully saturated rings. The SMILES string of the molecule is CC(CCNC(=O)/C=C/C(=O)O)S(C)=O. The van der Waals surface area contributed by atoms with Gasteiger partial charge in [0, 0.05) is 41.0 Å². The second-order valence-corrected chi connectivity index (χ2v) is 4.86. The van der Waals surface area contributed by atoms with Crippen molar-refractivity contribution < 1.29 is 18.9 Å². The van der Waals surface area contributed by atoms with Crippen molar-refractivity contribution in [1.82, 2.24) is 5.32 Å². The number of carbonyl (C=O) groups is 2. The van der Waals surface area contributed by atoms with Crippen molar-refractivity contribution in [2.45, 2.75) is 18.6 Å². The molecule has 0 heterocycles. The summed E-state index contributed by atoms with van der Waals surface area (Å²) in [5, 5.41) is 10.8. The fourth-order valence-corrected chi connectivity index (χ4v) is 1.22. The van der Waals surface area contributed by atoms with Crippen molar-refractivity contribution in [2.75, 3.05) is 12.8 Å². The van der Waals surface area contributed by atoms with E-state index in [4.69, 9.17) is 5.11 Å². The van der Waals surface area contributed by atoms with Crippen molar-refractivity contribution in [2.24, 2.45) is 0 Å². The zero-order chi connectivity index (χ0) is 11.8. The van der Waals surface area contributed by atoms with E-state index in [0.29, 0.717) is 13.0 Å². The first-order chi connectivity index (χ1) is 6.93. The Hall–Kier alpha value is -1.17. The second kappa shape index (κ2) is 7.17. The molecule has 0 aromatic heterocycles. The van der Waals surface area contributed by atoms with Crippen LogP contribution in [0.5, 0.6) is 0 Å². The maximum Gasteiger partial charge on any atom is 0.328 e. The molecule has 86 valence electrons. The smallest absolute Gasteiger partial charge is 0.328 e. The largest absolute Gasteiger partial charge is 0.478 e. The molecule has 6 heteroatoms. The van der Waals surface area contributed by atoms with Gasteiger partial charge in [0.1, 0.15) is 0 Å². The average molecular weight is 233 g/mol. The van der Waals surface area contributed by atoms with Crippen molar-refractivity contribution in [3.05, 3.63) is 12.2 Å². The minimum absolute atomic E-state index is 0.0220. The molecule has 0 rings (SSSR count). The molecule has 15 heavy (non-hydrogen) atoms. The molecule has 0 aliphatic rings. The third kappa shape index (κ3) is 7.87. The van der Waals surface area contributed by atoms with Gasteiger partial charge >= 0.3 is 5.97 Å². The van der Waals surface area contributed by atoms with Gasteiger partial charge in [-0.25, -0.2) is 4.79 Å². The average Bonchev–Trinajstić information content (AvgIpc) is 2.14. The van der Waals surface area contributed by atoms with Crippen LogP contribution < -0.4 is 5.32 Å². The molecule has 1 amide bonds. The maximum atomic E-state index is 11.0. The van der Waals surface area contributed by atoms with Gasteiger partial charge in [-0.1, -0.05) is 6.92 Å². The van der Waals surface area contributed by atoms with Gasteiger partial charge in [0.25, 0.3) is 0 Å². The summed E-state index contributed by atoms with van der Waals surface area (Å²) in [6.45, 7) is 2.22. The van der Waals surface area contributed by atoms with Crippen molar-refractivity contribution in [1.29, 1.82) is 0 Å². The zero-order valence-corrected chi connectivity index (χ0v) is 9.54. The van der Waals surface area contributed by atoms with Crippen LogP contribution in [0.1, 0.15) is 13.3 Å². The van der Waals surface area contributed by atoms with Crippen LogP contribution in [-0.2, 0) is 20.4 Å². The predicted octanol–water partition coefficient (Wildman–Crippen LogP) is -0.0995. The number of hydrogen-bond donors (Lipinski definition) is 2. The Morgan fingerprint density at radius 3 is 2.53 bits per heavy atom. The fraction of sp³-hybridized carbons (Fsp3) is 0.556. The second-order valence-electron chi connectivity index (χ2n) is 3.06. The molecule has 2 N–H and O–H groups in total. The molecule has 0 aliphatic carbocycles. The van der Waals surface area contributed by atoms with E-state index >= 15 is 0 Å². The molecule has 0 radical (unpaired) electrons. The summed E-state index contributed by atoms with van der Waals surface area (Å²) in [5.74, 6) is -1.61. The van der Waals surface area contributed by atoms with E-state index in [1.165, 1.54) is 0 Å². The summed E-state index contributed by atoms with van der Waals surface area (Å²) in [5.41, 5.74) is 0. The molecule has 0 aromatic rings. The van der Waals surface area contributed by atoms with Crippen molar-refractivity contribution >= 4 is 22.7 Å². The van der Waals surface area contributed by atoms with E-state index in [9.17, 15) is 13.8 Å². The molecular weight excluding hydrogens is 218 g/mol. The van der Waals surface area contributed by atoms with E-state index < -0.39 is 22.7 Å². The third-order valence-electron chi connectivity index (χ3n) is 1.79. The summed E-state index contributed by atoms with van der Waals surface area (Å²) in [6, 6.07) is 0. The predicted molar refractivity (Wildman–Crippen MR) is 57.9 cm³/mol. The topological polar surface area (TPSA) is 83.5 Å². The Kier molecular flexibility index (Phi) is 6.61. The van der Waals surface area contributed by atoms with E-state index in [1.807, 2.05) is 6.92 Å². The fourth-order valence-electron chi connectivity index (χ4n) is 0.770. The Bertz CT molecular complexity index is 288. The number of amides is 1. The summed E-state index contributed by atoms with van der Waals surface area (Å²) < 4.78 is 10.9. The molecule has 2 atom stereocenters. The van der Waals surface area contributed by atoms with Gasteiger partial charge in [-0.3, -0.25) is 9.00 Å². The lowest BCUT2D eigenvalue weighted by Crippen LogP contribution is -2.26. The third-order valence-corrected chi connectivity index (χ3v) is 3.16. The van der Waals surface area contributed by atoms with E-state index in [0.717, 1.165) is 12.2 Å². The standard InChI is InChI=1S/C9H15NO4S/c1-7(15(2)14)5-6-10-8(11)3-4-9(12)13/h3-4,7H,5-6H2,1-2H3,(H,10,11)(H,12,13)/b4-3+. The van der Waals surface area contributed by atoms with Crippen molar-refractivity contribution in [3.8, 4) is 0 Å². The number of rotatable bonds is 6. The number of carboxylic acid groups (broad SMARTS) is 1. The van der Waals surface area contributed by atoms with E-state index in [2.05, 4.69) is 5.32 Å². The highest BCUT2D eigenvalue weighted by Gasteiger charge is 2.05. The number of nitrogens with one attached hydrogen (secondary N) is 1. The highest BCUT2D eigenvalue weighted by atomic mass is 32.2. The molecule has 5 nitrogen and oxygen atoms in total. The zero-order valence-electron chi connectivity index (χ0n) is 8.73. The van der Waals surface area contributed by atoms with Gasteiger partial charge in [0.15, 0.2) is 0 Å². The highest BCUT2D eigenvalue weighted by Crippen LogP contribution is 1.96. The number of aliphatic carboxylic acids is 1. The molecule has 0 saturated carbocycles. The van der Waals surface area contributed by atoms with Crippen LogP contribution in [0.3, 0.4) is 0 Å². The molecular formula is C9H15NO4S. The molecule has 0 bridgehead atoms. The molecule has 2 unspecified atom stereocenters.